The first-order chi connectivity index (χ1) is 13.9. The van der Waals surface area contributed by atoms with Crippen LogP contribution in [0.3, 0.4) is 0 Å². The Bertz CT molecular complexity index is 1090. The van der Waals surface area contributed by atoms with Gasteiger partial charge in [-0.15, -0.1) is 0 Å². The molecule has 1 aromatic heterocycles. The second-order valence-electron chi connectivity index (χ2n) is 6.66. The van der Waals surface area contributed by atoms with Crippen molar-refractivity contribution in [2.24, 2.45) is 0 Å². The topological polar surface area (TPSA) is 79.5 Å². The maximum Gasteiger partial charge on any atom is 0.243 e. The van der Waals surface area contributed by atoms with Crippen molar-refractivity contribution in [1.82, 2.24) is 19.3 Å². The molecule has 2 heterocycles. The Hall–Kier alpha value is -1.97. The average molecular weight is 453 g/mol. The standard InChI is InChI=1S/C19H18Cl2N4O3S/c20-15-4-6-17(7-5-15)29(26,27)25-10-8-24(9-11-25)13-18-22-19(23-28-18)14-2-1-3-16(21)12-14/h1-7,12H,8-11,13H2. The highest BCUT2D eigenvalue weighted by molar-refractivity contribution is 7.89. The van der Waals surface area contributed by atoms with E-state index in [0.717, 1.165) is 5.56 Å². The first kappa shape index (κ1) is 20.3. The Morgan fingerprint density at radius 2 is 1.69 bits per heavy atom. The lowest BCUT2D eigenvalue weighted by atomic mass is 10.2. The van der Waals surface area contributed by atoms with Crippen LogP contribution >= 0.6 is 23.2 Å². The highest BCUT2D eigenvalue weighted by Gasteiger charge is 2.29. The van der Waals surface area contributed by atoms with Crippen molar-refractivity contribution in [1.29, 1.82) is 0 Å². The minimum atomic E-state index is -3.53. The zero-order valence-corrected chi connectivity index (χ0v) is 17.7. The summed E-state index contributed by atoms with van der Waals surface area (Å²) >= 11 is 11.9. The summed E-state index contributed by atoms with van der Waals surface area (Å²) < 4.78 is 32.4. The highest BCUT2D eigenvalue weighted by Crippen LogP contribution is 2.22. The van der Waals surface area contributed by atoms with Gasteiger partial charge < -0.3 is 4.52 Å². The molecule has 0 N–H and O–H groups in total. The average Bonchev–Trinajstić information content (AvgIpc) is 3.17. The van der Waals surface area contributed by atoms with E-state index >= 15 is 0 Å². The van der Waals surface area contributed by atoms with Gasteiger partial charge in [0.15, 0.2) is 0 Å². The molecule has 0 amide bonds. The van der Waals surface area contributed by atoms with Crippen molar-refractivity contribution in [2.75, 3.05) is 26.2 Å². The summed E-state index contributed by atoms with van der Waals surface area (Å²) in [4.78, 5) is 6.75. The molecule has 1 fully saturated rings. The first-order valence-corrected chi connectivity index (χ1v) is 11.2. The predicted molar refractivity (Wildman–Crippen MR) is 110 cm³/mol. The number of piperazine rings is 1. The third-order valence-corrected chi connectivity index (χ3v) is 7.09. The van der Waals surface area contributed by atoms with Crippen molar-refractivity contribution < 1.29 is 12.9 Å². The summed E-state index contributed by atoms with van der Waals surface area (Å²) in [6.07, 6.45) is 0. The molecule has 29 heavy (non-hydrogen) atoms. The van der Waals surface area contributed by atoms with E-state index in [1.165, 1.54) is 16.4 Å². The number of hydrogen-bond acceptors (Lipinski definition) is 6. The summed E-state index contributed by atoms with van der Waals surface area (Å²) in [6.45, 7) is 2.38. The molecule has 2 aromatic carbocycles. The molecular weight excluding hydrogens is 435 g/mol. The predicted octanol–water partition coefficient (Wildman–Crippen LogP) is 3.55. The second kappa shape index (κ2) is 8.41. The zero-order chi connectivity index (χ0) is 20.4. The SMILES string of the molecule is O=S(=O)(c1ccc(Cl)cc1)N1CCN(Cc2nc(-c3cccc(Cl)c3)no2)CC1. The number of sulfonamides is 1. The molecule has 4 rings (SSSR count). The van der Waals surface area contributed by atoms with E-state index in [0.29, 0.717) is 54.5 Å². The van der Waals surface area contributed by atoms with Crippen LogP contribution in [0.1, 0.15) is 5.89 Å². The van der Waals surface area contributed by atoms with Gasteiger partial charge in [-0.25, -0.2) is 8.42 Å². The number of nitrogens with zero attached hydrogens (tertiary/aromatic N) is 4. The third kappa shape index (κ3) is 4.62. The second-order valence-corrected chi connectivity index (χ2v) is 9.47. The lowest BCUT2D eigenvalue weighted by Gasteiger charge is -2.33. The molecular formula is C19H18Cl2N4O3S. The highest BCUT2D eigenvalue weighted by atomic mass is 35.5. The van der Waals surface area contributed by atoms with Crippen LogP contribution in [-0.2, 0) is 16.6 Å². The number of hydrogen-bond donors (Lipinski definition) is 0. The maximum absolute atomic E-state index is 12.8. The van der Waals surface area contributed by atoms with Crippen molar-refractivity contribution in [2.45, 2.75) is 11.4 Å². The van der Waals surface area contributed by atoms with Gasteiger partial charge in [-0.05, 0) is 36.4 Å². The molecule has 1 aliphatic rings. The lowest BCUT2D eigenvalue weighted by Crippen LogP contribution is -2.48. The van der Waals surface area contributed by atoms with E-state index in [1.807, 2.05) is 12.1 Å². The van der Waals surface area contributed by atoms with Crippen molar-refractivity contribution >= 4 is 33.2 Å². The van der Waals surface area contributed by atoms with Crippen LogP contribution in [0.5, 0.6) is 0 Å². The molecule has 0 spiro atoms. The fraction of sp³-hybridized carbons (Fsp3) is 0.263. The summed E-state index contributed by atoms with van der Waals surface area (Å²) in [5.74, 6) is 0.959. The summed E-state index contributed by atoms with van der Waals surface area (Å²) in [5.41, 5.74) is 0.784. The molecule has 1 saturated heterocycles. The largest absolute Gasteiger partial charge is 0.338 e. The van der Waals surface area contributed by atoms with Gasteiger partial charge in [-0.1, -0.05) is 40.5 Å². The van der Waals surface area contributed by atoms with Gasteiger partial charge in [0.25, 0.3) is 0 Å². The molecule has 0 atom stereocenters. The van der Waals surface area contributed by atoms with Gasteiger partial charge in [-0.2, -0.15) is 9.29 Å². The van der Waals surface area contributed by atoms with E-state index in [-0.39, 0.29) is 4.90 Å². The molecule has 152 valence electrons. The van der Waals surface area contributed by atoms with Crippen LogP contribution in [0.4, 0.5) is 0 Å². The Morgan fingerprint density at radius 1 is 0.966 bits per heavy atom. The molecule has 0 saturated carbocycles. The van der Waals surface area contributed by atoms with E-state index in [1.54, 1.807) is 24.3 Å². The fourth-order valence-electron chi connectivity index (χ4n) is 3.14. The monoisotopic (exact) mass is 452 g/mol. The van der Waals surface area contributed by atoms with Gasteiger partial charge in [0.1, 0.15) is 0 Å². The van der Waals surface area contributed by atoms with Crippen molar-refractivity contribution in [3.63, 3.8) is 0 Å². The zero-order valence-electron chi connectivity index (χ0n) is 15.3. The molecule has 0 unspecified atom stereocenters. The van der Waals surface area contributed by atoms with Gasteiger partial charge in [0, 0.05) is 41.8 Å². The van der Waals surface area contributed by atoms with Crippen LogP contribution in [-0.4, -0.2) is 53.9 Å². The summed E-state index contributed by atoms with van der Waals surface area (Å²) in [6, 6.07) is 13.5. The number of rotatable bonds is 5. The van der Waals surface area contributed by atoms with Gasteiger partial charge in [0.2, 0.25) is 21.7 Å². The van der Waals surface area contributed by atoms with Gasteiger partial charge >= 0.3 is 0 Å². The van der Waals surface area contributed by atoms with E-state index < -0.39 is 10.0 Å². The normalized spacial score (nSPS) is 16.2. The van der Waals surface area contributed by atoms with E-state index in [2.05, 4.69) is 15.0 Å². The van der Waals surface area contributed by atoms with Crippen LogP contribution in [0.2, 0.25) is 10.0 Å². The van der Waals surface area contributed by atoms with Crippen LogP contribution in [0.25, 0.3) is 11.4 Å². The third-order valence-electron chi connectivity index (χ3n) is 4.69. The van der Waals surface area contributed by atoms with Gasteiger partial charge in [-0.3, -0.25) is 4.90 Å². The minimum Gasteiger partial charge on any atom is -0.338 e. The number of halogens is 2. The molecule has 0 bridgehead atoms. The Balaban J connectivity index is 1.37. The summed E-state index contributed by atoms with van der Waals surface area (Å²) in [7, 11) is -3.53. The Morgan fingerprint density at radius 3 is 2.38 bits per heavy atom. The van der Waals surface area contributed by atoms with Crippen LogP contribution < -0.4 is 0 Å². The van der Waals surface area contributed by atoms with Crippen LogP contribution in [0, 0.1) is 0 Å². The molecule has 7 nitrogen and oxygen atoms in total. The van der Waals surface area contributed by atoms with Crippen LogP contribution in [0.15, 0.2) is 57.9 Å². The van der Waals surface area contributed by atoms with Crippen molar-refractivity contribution in [3.8, 4) is 11.4 Å². The molecule has 3 aromatic rings. The molecule has 0 radical (unpaired) electrons. The number of benzene rings is 2. The number of aromatic nitrogens is 2. The Labute approximate surface area is 178 Å². The smallest absolute Gasteiger partial charge is 0.243 e. The molecule has 0 aliphatic carbocycles. The van der Waals surface area contributed by atoms with E-state index in [4.69, 9.17) is 27.7 Å². The quantitative estimate of drug-likeness (QED) is 0.588. The van der Waals surface area contributed by atoms with Crippen molar-refractivity contribution in [3.05, 3.63) is 64.5 Å². The lowest BCUT2D eigenvalue weighted by molar-refractivity contribution is 0.163. The minimum absolute atomic E-state index is 0.249. The van der Waals surface area contributed by atoms with E-state index in [9.17, 15) is 8.42 Å². The first-order valence-electron chi connectivity index (χ1n) is 8.98. The summed E-state index contributed by atoms with van der Waals surface area (Å²) in [5, 5.41) is 5.11. The molecule has 10 heteroatoms. The maximum atomic E-state index is 12.8. The fourth-order valence-corrected chi connectivity index (χ4v) is 4.88. The molecule has 1 aliphatic heterocycles. The van der Waals surface area contributed by atoms with Gasteiger partial charge in [0.05, 0.1) is 11.4 Å². The Kier molecular flexibility index (Phi) is 5.89.